The van der Waals surface area contributed by atoms with Crippen LogP contribution in [0.1, 0.15) is 12.8 Å². The quantitative estimate of drug-likeness (QED) is 0.747. The number of nitrogens with zero attached hydrogens (tertiary/aromatic N) is 4. The van der Waals surface area contributed by atoms with E-state index in [-0.39, 0.29) is 34.8 Å². The molecule has 8 heteroatoms. The highest BCUT2D eigenvalue weighted by molar-refractivity contribution is 5.68. The maximum Gasteiger partial charge on any atom is 0.335 e. The van der Waals surface area contributed by atoms with Crippen LogP contribution in [0, 0.1) is 5.82 Å². The third-order valence-electron chi connectivity index (χ3n) is 4.32. The van der Waals surface area contributed by atoms with E-state index < -0.39 is 5.82 Å². The normalized spacial score (nSPS) is 15.1. The largest absolute Gasteiger partial charge is 0.507 e. The molecule has 2 N–H and O–H groups in total. The number of halogens is 1. The molecule has 1 fully saturated rings. The molecule has 2 aromatic heterocycles. The van der Waals surface area contributed by atoms with Crippen molar-refractivity contribution in [2.75, 3.05) is 13.1 Å². The lowest BCUT2D eigenvalue weighted by atomic mass is 10.1. The molecule has 0 bridgehead atoms. The number of rotatable bonds is 4. The molecule has 26 heavy (non-hydrogen) atoms. The van der Waals surface area contributed by atoms with Crippen molar-refractivity contribution in [3.63, 3.8) is 0 Å². The summed E-state index contributed by atoms with van der Waals surface area (Å²) in [6, 6.07) is 6.32. The van der Waals surface area contributed by atoms with Gasteiger partial charge in [-0.05, 0) is 44.1 Å². The highest BCUT2D eigenvalue weighted by atomic mass is 19.1. The van der Waals surface area contributed by atoms with Crippen LogP contribution in [0.3, 0.4) is 0 Å². The SMILES string of the molecule is Oc1cc(-n2cccc2)c(F)cc1-c1cnc(OC2CCNCC2)nn1. The topological polar surface area (TPSA) is 85.1 Å². The van der Waals surface area contributed by atoms with Gasteiger partial charge in [-0.3, -0.25) is 0 Å². The Labute approximate surface area is 149 Å². The number of phenols is 1. The molecule has 0 saturated carbocycles. The molecule has 134 valence electrons. The van der Waals surface area contributed by atoms with Crippen LogP contribution >= 0.6 is 0 Å². The van der Waals surface area contributed by atoms with Crippen molar-refractivity contribution in [2.45, 2.75) is 18.9 Å². The van der Waals surface area contributed by atoms with E-state index in [0.717, 1.165) is 25.9 Å². The number of nitrogens with one attached hydrogen (secondary N) is 1. The van der Waals surface area contributed by atoms with Crippen LogP contribution in [0.4, 0.5) is 4.39 Å². The van der Waals surface area contributed by atoms with Crippen LogP contribution in [0.5, 0.6) is 11.8 Å². The summed E-state index contributed by atoms with van der Waals surface area (Å²) in [6.07, 6.45) is 6.66. The summed E-state index contributed by atoms with van der Waals surface area (Å²) < 4.78 is 21.7. The first-order valence-corrected chi connectivity index (χ1v) is 8.44. The third kappa shape index (κ3) is 3.36. The minimum Gasteiger partial charge on any atom is -0.507 e. The molecular formula is C18H18FN5O2. The second kappa shape index (κ2) is 7.09. The Hall–Kier alpha value is -3.00. The van der Waals surface area contributed by atoms with E-state index >= 15 is 0 Å². The van der Waals surface area contributed by atoms with Gasteiger partial charge in [0.2, 0.25) is 0 Å². The van der Waals surface area contributed by atoms with Crippen molar-refractivity contribution in [2.24, 2.45) is 0 Å². The van der Waals surface area contributed by atoms with Crippen molar-refractivity contribution >= 4 is 0 Å². The number of hydrogen-bond acceptors (Lipinski definition) is 6. The van der Waals surface area contributed by atoms with E-state index in [2.05, 4.69) is 20.5 Å². The number of hydrogen-bond donors (Lipinski definition) is 2. The van der Waals surface area contributed by atoms with Gasteiger partial charge in [-0.25, -0.2) is 9.37 Å². The summed E-state index contributed by atoms with van der Waals surface area (Å²) in [5.74, 6) is -0.580. The molecule has 3 heterocycles. The van der Waals surface area contributed by atoms with Gasteiger partial charge in [0.1, 0.15) is 23.4 Å². The fourth-order valence-corrected chi connectivity index (χ4v) is 2.95. The number of phenolic OH excluding ortho intramolecular Hbond substituents is 1. The molecule has 0 radical (unpaired) electrons. The highest BCUT2D eigenvalue weighted by Crippen LogP contribution is 2.31. The fraction of sp³-hybridized carbons (Fsp3) is 0.278. The molecule has 1 aromatic carbocycles. The lowest BCUT2D eigenvalue weighted by Gasteiger charge is -2.22. The van der Waals surface area contributed by atoms with E-state index in [1.165, 1.54) is 18.3 Å². The zero-order chi connectivity index (χ0) is 17.9. The van der Waals surface area contributed by atoms with E-state index in [1.54, 1.807) is 29.1 Å². The molecule has 0 unspecified atom stereocenters. The van der Waals surface area contributed by atoms with Gasteiger partial charge in [-0.15, -0.1) is 5.10 Å². The summed E-state index contributed by atoms with van der Waals surface area (Å²) in [5.41, 5.74) is 0.757. The maximum atomic E-state index is 14.4. The molecule has 1 aliphatic heterocycles. The van der Waals surface area contributed by atoms with Crippen molar-refractivity contribution in [3.8, 4) is 28.7 Å². The zero-order valence-corrected chi connectivity index (χ0v) is 14.0. The van der Waals surface area contributed by atoms with Crippen molar-refractivity contribution < 1.29 is 14.2 Å². The molecule has 1 saturated heterocycles. The first-order chi connectivity index (χ1) is 12.7. The summed E-state index contributed by atoms with van der Waals surface area (Å²) in [4.78, 5) is 4.14. The van der Waals surface area contributed by atoms with Crippen molar-refractivity contribution in [3.05, 3.63) is 48.7 Å². The van der Waals surface area contributed by atoms with Gasteiger partial charge in [-0.1, -0.05) is 5.10 Å². The van der Waals surface area contributed by atoms with Crippen LogP contribution < -0.4 is 10.1 Å². The molecule has 0 atom stereocenters. The Balaban J connectivity index is 1.56. The number of aromatic hydroxyl groups is 1. The lowest BCUT2D eigenvalue weighted by molar-refractivity contribution is 0.147. The zero-order valence-electron chi connectivity index (χ0n) is 14.0. The molecule has 0 spiro atoms. The van der Waals surface area contributed by atoms with E-state index in [4.69, 9.17) is 4.74 Å². The van der Waals surface area contributed by atoms with Gasteiger partial charge < -0.3 is 19.7 Å². The van der Waals surface area contributed by atoms with Crippen molar-refractivity contribution in [1.82, 2.24) is 25.1 Å². The Morgan fingerprint density at radius 2 is 1.92 bits per heavy atom. The van der Waals surface area contributed by atoms with Gasteiger partial charge in [0.15, 0.2) is 0 Å². The Kier molecular flexibility index (Phi) is 4.49. The summed E-state index contributed by atoms with van der Waals surface area (Å²) in [6.45, 7) is 1.80. The summed E-state index contributed by atoms with van der Waals surface area (Å²) in [7, 11) is 0. The van der Waals surface area contributed by atoms with Crippen molar-refractivity contribution in [1.29, 1.82) is 0 Å². The van der Waals surface area contributed by atoms with Gasteiger partial charge in [0, 0.05) is 24.0 Å². The standard InChI is InChI=1S/C18H18FN5O2/c19-14-9-13(17(25)10-16(14)24-7-1-2-8-24)15-11-21-18(23-22-15)26-12-3-5-20-6-4-12/h1-2,7-12,20,25H,3-6H2. The number of piperidine rings is 1. The minimum atomic E-state index is -0.481. The van der Waals surface area contributed by atoms with Crippen LogP contribution in [0.15, 0.2) is 42.9 Å². The Bertz CT molecular complexity index is 877. The number of ether oxygens (including phenoxy) is 1. The second-order valence-electron chi connectivity index (χ2n) is 6.10. The maximum absolute atomic E-state index is 14.4. The molecule has 3 aromatic rings. The van der Waals surface area contributed by atoms with E-state index in [0.29, 0.717) is 0 Å². The fourth-order valence-electron chi connectivity index (χ4n) is 2.95. The van der Waals surface area contributed by atoms with Gasteiger partial charge >= 0.3 is 6.01 Å². The first kappa shape index (κ1) is 16.5. The van der Waals surface area contributed by atoms with Gasteiger partial charge in [0.25, 0.3) is 0 Å². The average Bonchev–Trinajstić information content (AvgIpc) is 3.19. The Morgan fingerprint density at radius 3 is 2.62 bits per heavy atom. The lowest BCUT2D eigenvalue weighted by Crippen LogP contribution is -2.34. The minimum absolute atomic E-state index is 0.0654. The van der Waals surface area contributed by atoms with Crippen LogP contribution in [-0.2, 0) is 0 Å². The molecule has 0 amide bonds. The smallest absolute Gasteiger partial charge is 0.335 e. The average molecular weight is 355 g/mol. The third-order valence-corrected chi connectivity index (χ3v) is 4.32. The molecule has 7 nitrogen and oxygen atoms in total. The predicted molar refractivity (Wildman–Crippen MR) is 92.7 cm³/mol. The van der Waals surface area contributed by atoms with Crippen LogP contribution in [0.2, 0.25) is 0 Å². The van der Waals surface area contributed by atoms with Crippen LogP contribution in [0.25, 0.3) is 16.9 Å². The van der Waals surface area contributed by atoms with Gasteiger partial charge in [0.05, 0.1) is 11.9 Å². The molecule has 4 rings (SSSR count). The number of benzene rings is 1. The van der Waals surface area contributed by atoms with E-state index in [9.17, 15) is 9.50 Å². The molecular weight excluding hydrogens is 337 g/mol. The molecule has 1 aliphatic rings. The Morgan fingerprint density at radius 1 is 1.15 bits per heavy atom. The highest BCUT2D eigenvalue weighted by Gasteiger charge is 2.17. The second-order valence-corrected chi connectivity index (χ2v) is 6.10. The predicted octanol–water partition coefficient (Wildman–Crippen LogP) is 2.30. The summed E-state index contributed by atoms with van der Waals surface area (Å²) >= 11 is 0. The number of aromatic nitrogens is 4. The molecule has 0 aliphatic carbocycles. The summed E-state index contributed by atoms with van der Waals surface area (Å²) in [5, 5.41) is 21.5. The van der Waals surface area contributed by atoms with E-state index in [1.807, 2.05) is 0 Å². The van der Waals surface area contributed by atoms with Crippen LogP contribution in [-0.4, -0.2) is 44.0 Å². The first-order valence-electron chi connectivity index (χ1n) is 8.44. The van der Waals surface area contributed by atoms with Gasteiger partial charge in [-0.2, -0.15) is 0 Å². The monoisotopic (exact) mass is 355 g/mol.